The molecule has 26 heavy (non-hydrogen) atoms. The van der Waals surface area contributed by atoms with E-state index in [0.717, 1.165) is 31.5 Å². The Labute approximate surface area is 154 Å². The lowest BCUT2D eigenvalue weighted by Gasteiger charge is -2.28. The van der Waals surface area contributed by atoms with E-state index >= 15 is 0 Å². The molecule has 0 radical (unpaired) electrons. The van der Waals surface area contributed by atoms with Gasteiger partial charge in [0.25, 0.3) is 5.91 Å². The number of carbonyl (C=O) groups is 2. The highest BCUT2D eigenvalue weighted by atomic mass is 16.2. The average molecular weight is 354 g/mol. The molecule has 2 heterocycles. The molecule has 0 spiro atoms. The number of amides is 2. The molecule has 0 atom stereocenters. The third-order valence-electron chi connectivity index (χ3n) is 6.15. The molecule has 2 saturated carbocycles. The van der Waals surface area contributed by atoms with Crippen LogP contribution in [-0.2, 0) is 17.8 Å². The van der Waals surface area contributed by atoms with Crippen LogP contribution in [0.3, 0.4) is 0 Å². The first kappa shape index (κ1) is 17.1. The Morgan fingerprint density at radius 3 is 2.65 bits per heavy atom. The maximum absolute atomic E-state index is 13.0. The molecule has 3 aliphatic rings. The van der Waals surface area contributed by atoms with Crippen molar-refractivity contribution in [2.24, 2.45) is 11.3 Å². The van der Waals surface area contributed by atoms with Gasteiger partial charge in [-0.2, -0.15) is 5.26 Å². The van der Waals surface area contributed by atoms with Crippen molar-refractivity contribution in [2.75, 3.05) is 19.6 Å². The predicted molar refractivity (Wildman–Crippen MR) is 96.3 cm³/mol. The van der Waals surface area contributed by atoms with Crippen LogP contribution in [0.1, 0.15) is 54.7 Å². The fraction of sp³-hybridized carbons (Fsp3) is 0.650. The molecule has 1 aromatic rings. The minimum atomic E-state index is -0.816. The van der Waals surface area contributed by atoms with Gasteiger partial charge in [-0.05, 0) is 43.7 Å². The van der Waals surface area contributed by atoms with E-state index < -0.39 is 5.41 Å². The second-order valence-electron chi connectivity index (χ2n) is 7.96. The molecular formula is C20H26N4O2. The van der Waals surface area contributed by atoms with Crippen molar-refractivity contribution in [2.45, 2.75) is 51.5 Å². The number of carbonyl (C=O) groups excluding carboxylic acids is 2. The van der Waals surface area contributed by atoms with Gasteiger partial charge in [-0.25, -0.2) is 0 Å². The van der Waals surface area contributed by atoms with Crippen molar-refractivity contribution in [3.05, 3.63) is 23.5 Å². The van der Waals surface area contributed by atoms with Crippen LogP contribution < -0.4 is 5.32 Å². The number of fused-ring (bicyclic) bond motifs is 1. The van der Waals surface area contributed by atoms with Crippen LogP contribution in [0.4, 0.5) is 0 Å². The maximum Gasteiger partial charge on any atom is 0.267 e. The summed E-state index contributed by atoms with van der Waals surface area (Å²) in [7, 11) is 0. The van der Waals surface area contributed by atoms with Crippen LogP contribution in [0, 0.1) is 22.7 Å². The van der Waals surface area contributed by atoms with E-state index in [4.69, 9.17) is 0 Å². The van der Waals surface area contributed by atoms with Gasteiger partial charge in [0.05, 0.1) is 6.07 Å². The van der Waals surface area contributed by atoms with Crippen molar-refractivity contribution >= 4 is 11.8 Å². The van der Waals surface area contributed by atoms with Gasteiger partial charge in [0, 0.05) is 38.3 Å². The van der Waals surface area contributed by atoms with E-state index in [0.29, 0.717) is 44.1 Å². The fourth-order valence-electron chi connectivity index (χ4n) is 4.28. The number of nitriles is 1. The first-order chi connectivity index (χ1) is 12.6. The lowest BCUT2D eigenvalue weighted by molar-refractivity contribution is -0.138. The quantitative estimate of drug-likeness (QED) is 0.899. The monoisotopic (exact) mass is 354 g/mol. The molecule has 2 fully saturated rings. The third kappa shape index (κ3) is 3.11. The molecule has 0 saturated heterocycles. The number of hydrogen-bond acceptors (Lipinski definition) is 3. The summed E-state index contributed by atoms with van der Waals surface area (Å²) in [5.74, 6) is 0.620. The molecule has 2 aliphatic carbocycles. The Hall–Kier alpha value is -2.29. The van der Waals surface area contributed by atoms with Crippen molar-refractivity contribution in [1.29, 1.82) is 5.26 Å². The van der Waals surface area contributed by atoms with Gasteiger partial charge < -0.3 is 14.8 Å². The van der Waals surface area contributed by atoms with Crippen molar-refractivity contribution in [1.82, 2.24) is 14.8 Å². The standard InChI is InChI=1S/C20H26N4O2/c21-14-20(8-1-2-9-20)19(26)23-10-7-16-5-6-17(24(16)12-11-23)18(25)22-13-15-3-4-15/h5-6,15H,1-4,7-13H2,(H,22,25). The minimum Gasteiger partial charge on any atom is -0.350 e. The first-order valence-corrected chi connectivity index (χ1v) is 9.80. The van der Waals surface area contributed by atoms with E-state index in [1.54, 1.807) is 0 Å². The number of hydrogen-bond donors (Lipinski definition) is 1. The van der Waals surface area contributed by atoms with Crippen LogP contribution in [-0.4, -0.2) is 40.9 Å². The lowest BCUT2D eigenvalue weighted by Crippen LogP contribution is -2.43. The largest absolute Gasteiger partial charge is 0.350 e. The molecule has 1 aromatic heterocycles. The Morgan fingerprint density at radius 1 is 1.19 bits per heavy atom. The molecular weight excluding hydrogens is 328 g/mol. The number of nitrogens with zero attached hydrogens (tertiary/aromatic N) is 3. The molecule has 0 aromatic carbocycles. The van der Waals surface area contributed by atoms with Gasteiger partial charge >= 0.3 is 0 Å². The van der Waals surface area contributed by atoms with Crippen LogP contribution in [0.2, 0.25) is 0 Å². The number of rotatable bonds is 4. The zero-order chi connectivity index (χ0) is 18.1. The van der Waals surface area contributed by atoms with E-state index in [9.17, 15) is 14.9 Å². The lowest BCUT2D eigenvalue weighted by atomic mass is 9.86. The molecule has 0 unspecified atom stereocenters. The zero-order valence-electron chi connectivity index (χ0n) is 15.2. The highest BCUT2D eigenvalue weighted by Crippen LogP contribution is 2.39. The SMILES string of the molecule is N#CC1(C(=O)N2CCc3ccc(C(=O)NCC4CC4)n3CC2)CCCC1. The summed E-state index contributed by atoms with van der Waals surface area (Å²) in [6.07, 6.45) is 6.43. The van der Waals surface area contributed by atoms with Crippen LogP contribution >= 0.6 is 0 Å². The summed E-state index contributed by atoms with van der Waals surface area (Å²) in [6.45, 7) is 2.55. The highest BCUT2D eigenvalue weighted by Gasteiger charge is 2.44. The van der Waals surface area contributed by atoms with Crippen molar-refractivity contribution in [3.63, 3.8) is 0 Å². The van der Waals surface area contributed by atoms with Crippen molar-refractivity contribution < 1.29 is 9.59 Å². The normalized spacial score (nSPS) is 21.6. The summed E-state index contributed by atoms with van der Waals surface area (Å²) in [5, 5.41) is 12.6. The van der Waals surface area contributed by atoms with E-state index in [2.05, 4.69) is 11.4 Å². The third-order valence-corrected chi connectivity index (χ3v) is 6.15. The predicted octanol–water partition coefficient (Wildman–Crippen LogP) is 2.10. The summed E-state index contributed by atoms with van der Waals surface area (Å²) in [4.78, 5) is 27.3. The second-order valence-corrected chi connectivity index (χ2v) is 7.96. The zero-order valence-corrected chi connectivity index (χ0v) is 15.2. The molecule has 138 valence electrons. The van der Waals surface area contributed by atoms with Gasteiger partial charge in [-0.15, -0.1) is 0 Å². The molecule has 6 heteroatoms. The fourth-order valence-corrected chi connectivity index (χ4v) is 4.28. The maximum atomic E-state index is 13.0. The molecule has 0 bridgehead atoms. The topological polar surface area (TPSA) is 78.1 Å². The van der Waals surface area contributed by atoms with Crippen LogP contribution in [0.15, 0.2) is 12.1 Å². The summed E-state index contributed by atoms with van der Waals surface area (Å²) < 4.78 is 2.04. The Morgan fingerprint density at radius 2 is 1.96 bits per heavy atom. The Balaban J connectivity index is 1.45. The van der Waals surface area contributed by atoms with E-state index in [-0.39, 0.29) is 11.8 Å². The van der Waals surface area contributed by atoms with Gasteiger partial charge in [0.2, 0.25) is 5.91 Å². The van der Waals surface area contributed by atoms with Gasteiger partial charge in [-0.1, -0.05) is 12.8 Å². The molecule has 1 N–H and O–H groups in total. The Kier molecular flexibility index (Phi) is 4.47. The first-order valence-electron chi connectivity index (χ1n) is 9.80. The molecule has 4 rings (SSSR count). The van der Waals surface area contributed by atoms with Gasteiger partial charge in [-0.3, -0.25) is 9.59 Å². The van der Waals surface area contributed by atoms with Gasteiger partial charge in [0.1, 0.15) is 11.1 Å². The number of aromatic nitrogens is 1. The Bertz CT molecular complexity index is 750. The summed E-state index contributed by atoms with van der Waals surface area (Å²) >= 11 is 0. The molecule has 6 nitrogen and oxygen atoms in total. The van der Waals surface area contributed by atoms with Crippen LogP contribution in [0.25, 0.3) is 0 Å². The second kappa shape index (κ2) is 6.79. The summed E-state index contributed by atoms with van der Waals surface area (Å²) in [6, 6.07) is 6.20. The average Bonchev–Trinajstić information content (AvgIpc) is 3.28. The van der Waals surface area contributed by atoms with E-state index in [1.807, 2.05) is 21.6 Å². The highest BCUT2D eigenvalue weighted by molar-refractivity contribution is 5.93. The smallest absolute Gasteiger partial charge is 0.267 e. The van der Waals surface area contributed by atoms with Crippen molar-refractivity contribution in [3.8, 4) is 6.07 Å². The van der Waals surface area contributed by atoms with Crippen LogP contribution in [0.5, 0.6) is 0 Å². The molecule has 1 aliphatic heterocycles. The van der Waals surface area contributed by atoms with E-state index in [1.165, 1.54) is 12.8 Å². The molecule has 2 amide bonds. The summed E-state index contributed by atoms with van der Waals surface area (Å²) in [5.41, 5.74) is 0.962. The minimum absolute atomic E-state index is 0.0111. The van der Waals surface area contributed by atoms with Gasteiger partial charge in [0.15, 0.2) is 0 Å². The number of nitrogens with one attached hydrogen (secondary N) is 1.